The van der Waals surface area contributed by atoms with Crippen molar-refractivity contribution in [2.45, 2.75) is 25.4 Å². The lowest BCUT2D eigenvalue weighted by Crippen LogP contribution is -2.29. The SMILES string of the molecule is COCCCC(=O)N1CCC(O)C1. The summed E-state index contributed by atoms with van der Waals surface area (Å²) in [5.41, 5.74) is 0. The molecule has 1 amide bonds. The van der Waals surface area contributed by atoms with Gasteiger partial charge in [-0.15, -0.1) is 0 Å². The Morgan fingerprint density at radius 2 is 2.46 bits per heavy atom. The Morgan fingerprint density at radius 3 is 3.00 bits per heavy atom. The van der Waals surface area contributed by atoms with Crippen LogP contribution in [0.4, 0.5) is 0 Å². The maximum absolute atomic E-state index is 11.4. The molecule has 0 aliphatic carbocycles. The number of carbonyl (C=O) groups is 1. The van der Waals surface area contributed by atoms with Gasteiger partial charge in [-0.25, -0.2) is 0 Å². The van der Waals surface area contributed by atoms with Crippen molar-refractivity contribution < 1.29 is 14.6 Å². The van der Waals surface area contributed by atoms with E-state index in [-0.39, 0.29) is 12.0 Å². The van der Waals surface area contributed by atoms with E-state index < -0.39 is 0 Å². The molecule has 1 atom stereocenters. The Balaban J connectivity index is 2.16. The molecule has 4 heteroatoms. The first-order chi connectivity index (χ1) is 6.24. The lowest BCUT2D eigenvalue weighted by Gasteiger charge is -2.14. The largest absolute Gasteiger partial charge is 0.391 e. The Labute approximate surface area is 78.5 Å². The maximum Gasteiger partial charge on any atom is 0.222 e. The third kappa shape index (κ3) is 3.32. The van der Waals surface area contributed by atoms with E-state index in [1.54, 1.807) is 12.0 Å². The summed E-state index contributed by atoms with van der Waals surface area (Å²) in [4.78, 5) is 13.1. The van der Waals surface area contributed by atoms with Gasteiger partial charge in [-0.2, -0.15) is 0 Å². The molecule has 0 radical (unpaired) electrons. The number of amides is 1. The number of hydrogen-bond donors (Lipinski definition) is 1. The van der Waals surface area contributed by atoms with Crippen LogP contribution in [0.15, 0.2) is 0 Å². The first kappa shape index (κ1) is 10.5. The van der Waals surface area contributed by atoms with Crippen molar-refractivity contribution >= 4 is 5.91 Å². The molecule has 1 saturated heterocycles. The molecule has 1 aliphatic heterocycles. The minimum absolute atomic E-state index is 0.133. The highest BCUT2D eigenvalue weighted by Gasteiger charge is 2.23. The van der Waals surface area contributed by atoms with Crippen LogP contribution in [0, 0.1) is 0 Å². The topological polar surface area (TPSA) is 49.8 Å². The lowest BCUT2D eigenvalue weighted by atomic mass is 10.3. The standard InChI is InChI=1S/C9H17NO3/c1-13-6-2-3-9(12)10-5-4-8(11)7-10/h8,11H,2-7H2,1H3. The molecule has 1 N–H and O–H groups in total. The van der Waals surface area contributed by atoms with Gasteiger partial charge >= 0.3 is 0 Å². The van der Waals surface area contributed by atoms with Gasteiger partial charge in [0.2, 0.25) is 5.91 Å². The van der Waals surface area contributed by atoms with Crippen LogP contribution in [0.5, 0.6) is 0 Å². The molecular weight excluding hydrogens is 170 g/mol. The lowest BCUT2D eigenvalue weighted by molar-refractivity contribution is -0.130. The van der Waals surface area contributed by atoms with Gasteiger partial charge in [0.25, 0.3) is 0 Å². The van der Waals surface area contributed by atoms with Gasteiger partial charge in [0.05, 0.1) is 6.10 Å². The van der Waals surface area contributed by atoms with E-state index in [4.69, 9.17) is 4.74 Å². The maximum atomic E-state index is 11.4. The number of rotatable bonds is 4. The Kier molecular flexibility index (Phi) is 4.18. The number of carbonyl (C=O) groups excluding carboxylic acids is 1. The van der Waals surface area contributed by atoms with Crippen molar-refractivity contribution in [2.75, 3.05) is 26.8 Å². The van der Waals surface area contributed by atoms with Crippen LogP contribution in [0.3, 0.4) is 0 Å². The summed E-state index contributed by atoms with van der Waals surface area (Å²) in [6, 6.07) is 0. The first-order valence-electron chi connectivity index (χ1n) is 4.69. The van der Waals surface area contributed by atoms with Crippen molar-refractivity contribution in [1.29, 1.82) is 0 Å². The van der Waals surface area contributed by atoms with E-state index >= 15 is 0 Å². The molecule has 1 rings (SSSR count). The molecule has 0 aromatic rings. The van der Waals surface area contributed by atoms with E-state index in [0.29, 0.717) is 26.1 Å². The second-order valence-electron chi connectivity index (χ2n) is 3.38. The second kappa shape index (κ2) is 5.19. The number of β-amino-alcohol motifs (C(OH)–C–C–N with tert-alkyl or cyclic N) is 1. The highest BCUT2D eigenvalue weighted by atomic mass is 16.5. The molecule has 1 heterocycles. The Hall–Kier alpha value is -0.610. The van der Waals surface area contributed by atoms with Crippen LogP contribution in [-0.4, -0.2) is 48.8 Å². The van der Waals surface area contributed by atoms with E-state index in [1.165, 1.54) is 0 Å². The number of aliphatic hydroxyl groups excluding tert-OH is 1. The van der Waals surface area contributed by atoms with Crippen molar-refractivity contribution in [2.24, 2.45) is 0 Å². The summed E-state index contributed by atoms with van der Waals surface area (Å²) >= 11 is 0. The number of likely N-dealkylation sites (tertiary alicyclic amines) is 1. The number of methoxy groups -OCH3 is 1. The number of nitrogens with zero attached hydrogens (tertiary/aromatic N) is 1. The van der Waals surface area contributed by atoms with Crippen molar-refractivity contribution in [1.82, 2.24) is 4.90 Å². The smallest absolute Gasteiger partial charge is 0.222 e. The Bertz CT molecular complexity index is 172. The average molecular weight is 187 g/mol. The zero-order chi connectivity index (χ0) is 9.68. The monoisotopic (exact) mass is 187 g/mol. The van der Waals surface area contributed by atoms with Crippen LogP contribution in [-0.2, 0) is 9.53 Å². The van der Waals surface area contributed by atoms with Gasteiger partial charge in [-0.1, -0.05) is 0 Å². The minimum Gasteiger partial charge on any atom is -0.391 e. The molecule has 0 spiro atoms. The van der Waals surface area contributed by atoms with Crippen molar-refractivity contribution in [3.05, 3.63) is 0 Å². The Morgan fingerprint density at radius 1 is 1.69 bits per heavy atom. The summed E-state index contributed by atoms with van der Waals surface area (Å²) in [6.07, 6.45) is 1.70. The first-order valence-corrected chi connectivity index (χ1v) is 4.69. The minimum atomic E-state index is -0.314. The van der Waals surface area contributed by atoms with E-state index in [1.807, 2.05) is 0 Å². The third-order valence-electron chi connectivity index (χ3n) is 2.26. The van der Waals surface area contributed by atoms with Crippen molar-refractivity contribution in [3.8, 4) is 0 Å². The quantitative estimate of drug-likeness (QED) is 0.630. The summed E-state index contributed by atoms with van der Waals surface area (Å²) < 4.78 is 4.86. The van der Waals surface area contributed by atoms with Crippen LogP contribution < -0.4 is 0 Å². The summed E-state index contributed by atoms with van der Waals surface area (Å²) in [7, 11) is 1.63. The van der Waals surface area contributed by atoms with Crippen LogP contribution >= 0.6 is 0 Å². The van der Waals surface area contributed by atoms with Gasteiger partial charge in [0, 0.05) is 33.2 Å². The summed E-state index contributed by atoms with van der Waals surface area (Å²) in [6.45, 7) is 1.83. The van der Waals surface area contributed by atoms with Crippen molar-refractivity contribution in [3.63, 3.8) is 0 Å². The van der Waals surface area contributed by atoms with Crippen LogP contribution in [0.2, 0.25) is 0 Å². The molecular formula is C9H17NO3. The number of ether oxygens (including phenoxy) is 1. The fourth-order valence-electron chi connectivity index (χ4n) is 1.49. The van der Waals surface area contributed by atoms with E-state index in [9.17, 15) is 9.90 Å². The number of aliphatic hydroxyl groups is 1. The zero-order valence-corrected chi connectivity index (χ0v) is 8.03. The van der Waals surface area contributed by atoms with Gasteiger partial charge < -0.3 is 14.7 Å². The molecule has 76 valence electrons. The summed E-state index contributed by atoms with van der Waals surface area (Å²) in [5.74, 6) is 0.133. The molecule has 1 fully saturated rings. The molecule has 0 saturated carbocycles. The number of hydrogen-bond acceptors (Lipinski definition) is 3. The van der Waals surface area contributed by atoms with Gasteiger partial charge in [0.1, 0.15) is 0 Å². The van der Waals surface area contributed by atoms with Gasteiger partial charge in [0.15, 0.2) is 0 Å². The predicted octanol–water partition coefficient (Wildman–Crippen LogP) is 0.00620. The van der Waals surface area contributed by atoms with Gasteiger partial charge in [-0.05, 0) is 12.8 Å². The van der Waals surface area contributed by atoms with Crippen LogP contribution in [0.1, 0.15) is 19.3 Å². The second-order valence-corrected chi connectivity index (χ2v) is 3.38. The van der Waals surface area contributed by atoms with E-state index in [2.05, 4.69) is 0 Å². The zero-order valence-electron chi connectivity index (χ0n) is 8.03. The fourth-order valence-corrected chi connectivity index (χ4v) is 1.49. The highest BCUT2D eigenvalue weighted by molar-refractivity contribution is 5.76. The third-order valence-corrected chi connectivity index (χ3v) is 2.26. The van der Waals surface area contributed by atoms with Crippen LogP contribution in [0.25, 0.3) is 0 Å². The molecule has 13 heavy (non-hydrogen) atoms. The highest BCUT2D eigenvalue weighted by Crippen LogP contribution is 2.10. The molecule has 0 bridgehead atoms. The summed E-state index contributed by atoms with van der Waals surface area (Å²) in [5, 5.41) is 9.20. The fraction of sp³-hybridized carbons (Fsp3) is 0.889. The van der Waals surface area contributed by atoms with E-state index in [0.717, 1.165) is 12.8 Å². The predicted molar refractivity (Wildman–Crippen MR) is 48.3 cm³/mol. The molecule has 1 unspecified atom stereocenters. The molecule has 0 aromatic carbocycles. The normalized spacial score (nSPS) is 22.3. The molecule has 4 nitrogen and oxygen atoms in total. The molecule has 1 aliphatic rings. The van der Waals surface area contributed by atoms with Gasteiger partial charge in [-0.3, -0.25) is 4.79 Å². The molecule has 0 aromatic heterocycles. The average Bonchev–Trinajstić information content (AvgIpc) is 2.52.